The van der Waals surface area contributed by atoms with Crippen LogP contribution in [0.5, 0.6) is 0 Å². The third kappa shape index (κ3) is 2.58. The molecule has 17 heavy (non-hydrogen) atoms. The Balaban J connectivity index is 2.04. The van der Waals surface area contributed by atoms with Crippen molar-refractivity contribution >= 4 is 17.5 Å². The average molecular weight is 257 g/mol. The summed E-state index contributed by atoms with van der Waals surface area (Å²) in [5.74, 6) is -0.526. The molecule has 0 atom stereocenters. The molecule has 3 nitrogen and oxygen atoms in total. The topological polar surface area (TPSA) is 55.1 Å². The Morgan fingerprint density at radius 2 is 2.24 bits per heavy atom. The van der Waals surface area contributed by atoms with Crippen LogP contribution < -0.4 is 11.1 Å². The number of nitrogens with one attached hydrogen (secondary N) is 1. The molecular weight excluding hydrogens is 243 g/mol. The molecule has 1 amide bonds. The Hall–Kier alpha value is -1.13. The molecule has 1 fully saturated rings. The van der Waals surface area contributed by atoms with Gasteiger partial charge in [-0.3, -0.25) is 4.79 Å². The van der Waals surface area contributed by atoms with E-state index in [0.29, 0.717) is 29.0 Å². The first kappa shape index (κ1) is 12.3. The first-order valence-corrected chi connectivity index (χ1v) is 5.82. The molecule has 0 bridgehead atoms. The van der Waals surface area contributed by atoms with E-state index < -0.39 is 5.54 Å². The fraction of sp³-hybridized carbons (Fsp3) is 0.417. The van der Waals surface area contributed by atoms with Gasteiger partial charge in [0.2, 0.25) is 5.91 Å². The maximum atomic E-state index is 13.3. The highest BCUT2D eigenvalue weighted by atomic mass is 35.5. The summed E-state index contributed by atoms with van der Waals surface area (Å²) in [5.41, 5.74) is 6.07. The monoisotopic (exact) mass is 256 g/mol. The second-order valence-electron chi connectivity index (χ2n) is 4.53. The number of carbonyl (C=O) groups excluding carboxylic acids is 1. The standard InChI is InChI=1S/C12H14ClFN2O/c1-7-4-9(13)8(5-10(7)14)6-16-11(17)12(15)2-3-12/h4-5H,2-3,6,15H2,1H3,(H,16,17). The van der Waals surface area contributed by atoms with Crippen LogP contribution in [0.25, 0.3) is 0 Å². The Kier molecular flexibility index (Phi) is 3.10. The zero-order valence-electron chi connectivity index (χ0n) is 9.52. The van der Waals surface area contributed by atoms with E-state index in [2.05, 4.69) is 5.32 Å². The van der Waals surface area contributed by atoms with Gasteiger partial charge in [-0.15, -0.1) is 0 Å². The zero-order chi connectivity index (χ0) is 12.6. The molecule has 1 aromatic rings. The maximum Gasteiger partial charge on any atom is 0.240 e. The van der Waals surface area contributed by atoms with E-state index in [-0.39, 0.29) is 18.3 Å². The normalized spacial score (nSPS) is 16.7. The molecule has 1 aliphatic carbocycles. The van der Waals surface area contributed by atoms with Crippen molar-refractivity contribution in [2.24, 2.45) is 5.73 Å². The highest BCUT2D eigenvalue weighted by Crippen LogP contribution is 2.32. The Labute approximate surface area is 104 Å². The van der Waals surface area contributed by atoms with Crippen LogP contribution in [0.3, 0.4) is 0 Å². The van der Waals surface area contributed by atoms with E-state index in [1.54, 1.807) is 13.0 Å². The third-order valence-corrected chi connectivity index (χ3v) is 3.36. The predicted molar refractivity (Wildman–Crippen MR) is 64.1 cm³/mol. The van der Waals surface area contributed by atoms with E-state index >= 15 is 0 Å². The minimum absolute atomic E-state index is 0.199. The van der Waals surface area contributed by atoms with Crippen molar-refractivity contribution in [3.8, 4) is 0 Å². The molecule has 1 aromatic carbocycles. The molecule has 0 heterocycles. The van der Waals surface area contributed by atoms with E-state index in [1.807, 2.05) is 0 Å². The first-order valence-electron chi connectivity index (χ1n) is 5.44. The van der Waals surface area contributed by atoms with Crippen LogP contribution in [0.15, 0.2) is 12.1 Å². The quantitative estimate of drug-likeness (QED) is 0.868. The van der Waals surface area contributed by atoms with Gasteiger partial charge in [0.15, 0.2) is 0 Å². The van der Waals surface area contributed by atoms with Crippen LogP contribution in [0.1, 0.15) is 24.0 Å². The molecule has 1 aliphatic rings. The molecule has 0 aromatic heterocycles. The van der Waals surface area contributed by atoms with Crippen molar-refractivity contribution in [1.82, 2.24) is 5.32 Å². The lowest BCUT2D eigenvalue weighted by Gasteiger charge is -2.11. The van der Waals surface area contributed by atoms with Crippen LogP contribution in [0, 0.1) is 12.7 Å². The van der Waals surface area contributed by atoms with Gasteiger partial charge in [-0.2, -0.15) is 0 Å². The van der Waals surface area contributed by atoms with Crippen LogP contribution in [-0.4, -0.2) is 11.4 Å². The summed E-state index contributed by atoms with van der Waals surface area (Å²) in [5, 5.41) is 3.12. The minimum atomic E-state index is -0.713. The van der Waals surface area contributed by atoms with E-state index in [1.165, 1.54) is 6.07 Å². The number of halogens is 2. The summed E-state index contributed by atoms with van der Waals surface area (Å²) in [6, 6.07) is 2.89. The highest BCUT2D eigenvalue weighted by Gasteiger charge is 2.45. The fourth-order valence-electron chi connectivity index (χ4n) is 1.54. The van der Waals surface area contributed by atoms with Gasteiger partial charge < -0.3 is 11.1 Å². The van der Waals surface area contributed by atoms with E-state index in [0.717, 1.165) is 0 Å². The highest BCUT2D eigenvalue weighted by molar-refractivity contribution is 6.31. The predicted octanol–water partition coefficient (Wildman–Crippen LogP) is 1.90. The second kappa shape index (κ2) is 4.27. The van der Waals surface area contributed by atoms with Crippen LogP contribution >= 0.6 is 11.6 Å². The lowest BCUT2D eigenvalue weighted by Crippen LogP contribution is -2.42. The van der Waals surface area contributed by atoms with E-state index in [4.69, 9.17) is 17.3 Å². The van der Waals surface area contributed by atoms with Gasteiger partial charge in [-0.25, -0.2) is 4.39 Å². The van der Waals surface area contributed by atoms with Gasteiger partial charge in [0.1, 0.15) is 5.82 Å². The Morgan fingerprint density at radius 3 is 2.82 bits per heavy atom. The van der Waals surface area contributed by atoms with Gasteiger partial charge in [0.05, 0.1) is 5.54 Å². The molecule has 0 radical (unpaired) electrons. The number of aryl methyl sites for hydroxylation is 1. The summed E-state index contributed by atoms with van der Waals surface area (Å²) < 4.78 is 13.3. The molecule has 0 aliphatic heterocycles. The number of amides is 1. The molecule has 0 saturated heterocycles. The van der Waals surface area contributed by atoms with Crippen LogP contribution in [0.4, 0.5) is 4.39 Å². The van der Waals surface area contributed by atoms with Crippen LogP contribution in [0.2, 0.25) is 5.02 Å². The Bertz CT molecular complexity index is 472. The molecule has 5 heteroatoms. The molecule has 0 spiro atoms. The zero-order valence-corrected chi connectivity index (χ0v) is 10.3. The van der Waals surface area contributed by atoms with Gasteiger partial charge in [-0.05, 0) is 43.0 Å². The van der Waals surface area contributed by atoms with Crippen molar-refractivity contribution < 1.29 is 9.18 Å². The van der Waals surface area contributed by atoms with Crippen molar-refractivity contribution in [2.75, 3.05) is 0 Å². The fourth-order valence-corrected chi connectivity index (χ4v) is 1.82. The molecule has 0 unspecified atom stereocenters. The van der Waals surface area contributed by atoms with Crippen LogP contribution in [-0.2, 0) is 11.3 Å². The number of rotatable bonds is 3. The summed E-state index contributed by atoms with van der Waals surface area (Å²) in [4.78, 5) is 11.6. The van der Waals surface area contributed by atoms with Crippen molar-refractivity contribution in [3.05, 3.63) is 34.1 Å². The average Bonchev–Trinajstić information content (AvgIpc) is 3.01. The number of carbonyl (C=O) groups is 1. The largest absolute Gasteiger partial charge is 0.350 e. The minimum Gasteiger partial charge on any atom is -0.350 e. The van der Waals surface area contributed by atoms with E-state index in [9.17, 15) is 9.18 Å². The molecule has 92 valence electrons. The summed E-state index contributed by atoms with van der Waals surface area (Å²) >= 11 is 5.97. The van der Waals surface area contributed by atoms with Gasteiger partial charge in [0, 0.05) is 11.6 Å². The summed E-state index contributed by atoms with van der Waals surface area (Å²) in [6.45, 7) is 1.84. The molecular formula is C12H14ClFN2O. The van der Waals surface area contributed by atoms with Crippen molar-refractivity contribution in [1.29, 1.82) is 0 Å². The maximum absolute atomic E-state index is 13.3. The smallest absolute Gasteiger partial charge is 0.240 e. The lowest BCUT2D eigenvalue weighted by atomic mass is 10.1. The lowest BCUT2D eigenvalue weighted by molar-refractivity contribution is -0.123. The first-order chi connectivity index (χ1) is 7.92. The molecule has 2 rings (SSSR count). The molecule has 3 N–H and O–H groups in total. The third-order valence-electron chi connectivity index (χ3n) is 3.01. The number of hydrogen-bond acceptors (Lipinski definition) is 2. The van der Waals surface area contributed by atoms with Gasteiger partial charge >= 0.3 is 0 Å². The summed E-state index contributed by atoms with van der Waals surface area (Å²) in [7, 11) is 0. The SMILES string of the molecule is Cc1cc(Cl)c(CNC(=O)C2(N)CC2)cc1F. The number of benzene rings is 1. The second-order valence-corrected chi connectivity index (χ2v) is 4.94. The Morgan fingerprint density at radius 1 is 1.59 bits per heavy atom. The number of nitrogens with two attached hydrogens (primary N) is 1. The van der Waals surface area contributed by atoms with Gasteiger partial charge in [0.25, 0.3) is 0 Å². The summed E-state index contributed by atoms with van der Waals surface area (Å²) in [6.07, 6.45) is 1.41. The number of hydrogen-bond donors (Lipinski definition) is 2. The van der Waals surface area contributed by atoms with Crippen molar-refractivity contribution in [2.45, 2.75) is 31.8 Å². The molecule has 1 saturated carbocycles. The van der Waals surface area contributed by atoms with Gasteiger partial charge in [-0.1, -0.05) is 11.6 Å². The van der Waals surface area contributed by atoms with Crippen molar-refractivity contribution in [3.63, 3.8) is 0 Å².